The number of aromatic nitrogens is 1. The molecule has 5 heteroatoms. The van der Waals surface area contributed by atoms with Crippen LogP contribution in [0.5, 0.6) is 0 Å². The van der Waals surface area contributed by atoms with Gasteiger partial charge in [0.2, 0.25) is 5.91 Å². The summed E-state index contributed by atoms with van der Waals surface area (Å²) in [6.07, 6.45) is 2.77. The largest absolute Gasteiger partial charge is 0.366 e. The monoisotopic (exact) mass is 250 g/mol. The zero-order valence-corrected chi connectivity index (χ0v) is 9.41. The SMILES string of the molecule is NC(=O)c1cncc(-c2cccc(Cl)c2F)c1. The molecular formula is C12H8ClFN2O. The second-order valence-electron chi connectivity index (χ2n) is 3.43. The second kappa shape index (κ2) is 4.51. The fraction of sp³-hybridized carbons (Fsp3) is 0. The van der Waals surface area contributed by atoms with Gasteiger partial charge in [-0.15, -0.1) is 0 Å². The highest BCUT2D eigenvalue weighted by atomic mass is 35.5. The van der Waals surface area contributed by atoms with Crippen LogP contribution in [-0.2, 0) is 0 Å². The highest BCUT2D eigenvalue weighted by Gasteiger charge is 2.10. The number of hydrogen-bond donors (Lipinski definition) is 1. The van der Waals surface area contributed by atoms with Gasteiger partial charge in [0.1, 0.15) is 5.82 Å². The Morgan fingerprint density at radius 2 is 2.12 bits per heavy atom. The fourth-order valence-electron chi connectivity index (χ4n) is 1.45. The third-order valence-corrected chi connectivity index (χ3v) is 2.58. The van der Waals surface area contributed by atoms with Crippen LogP contribution in [-0.4, -0.2) is 10.9 Å². The molecule has 0 spiro atoms. The van der Waals surface area contributed by atoms with Gasteiger partial charge in [0.15, 0.2) is 0 Å². The molecule has 0 aliphatic carbocycles. The normalized spacial score (nSPS) is 10.2. The van der Waals surface area contributed by atoms with Crippen LogP contribution in [0.1, 0.15) is 10.4 Å². The molecule has 2 aromatic rings. The van der Waals surface area contributed by atoms with E-state index in [9.17, 15) is 9.18 Å². The second-order valence-corrected chi connectivity index (χ2v) is 3.84. The van der Waals surface area contributed by atoms with Crippen molar-refractivity contribution in [1.29, 1.82) is 0 Å². The van der Waals surface area contributed by atoms with E-state index < -0.39 is 11.7 Å². The number of rotatable bonds is 2. The predicted molar refractivity (Wildman–Crippen MR) is 63.2 cm³/mol. The van der Waals surface area contributed by atoms with Crippen molar-refractivity contribution in [2.45, 2.75) is 0 Å². The molecule has 0 radical (unpaired) electrons. The number of halogens is 2. The highest BCUT2D eigenvalue weighted by molar-refractivity contribution is 6.31. The van der Waals surface area contributed by atoms with Crippen LogP contribution in [0.25, 0.3) is 11.1 Å². The van der Waals surface area contributed by atoms with Crippen molar-refractivity contribution in [1.82, 2.24) is 4.98 Å². The van der Waals surface area contributed by atoms with Gasteiger partial charge in [-0.1, -0.05) is 23.7 Å². The van der Waals surface area contributed by atoms with Crippen LogP contribution < -0.4 is 5.73 Å². The van der Waals surface area contributed by atoms with Gasteiger partial charge in [-0.2, -0.15) is 0 Å². The summed E-state index contributed by atoms with van der Waals surface area (Å²) < 4.78 is 13.7. The number of nitrogens with two attached hydrogens (primary N) is 1. The molecule has 0 aliphatic rings. The predicted octanol–water partition coefficient (Wildman–Crippen LogP) is 2.64. The smallest absolute Gasteiger partial charge is 0.250 e. The Bertz CT molecular complexity index is 586. The summed E-state index contributed by atoms with van der Waals surface area (Å²) >= 11 is 5.68. The Morgan fingerprint density at radius 1 is 1.35 bits per heavy atom. The topological polar surface area (TPSA) is 56.0 Å². The summed E-state index contributed by atoms with van der Waals surface area (Å²) in [5.41, 5.74) is 6.10. The number of carbonyl (C=O) groups excluding carboxylic acids is 1. The third-order valence-electron chi connectivity index (χ3n) is 2.29. The summed E-state index contributed by atoms with van der Waals surface area (Å²) in [6, 6.07) is 6.11. The van der Waals surface area contributed by atoms with E-state index in [1.165, 1.54) is 24.5 Å². The molecule has 2 N–H and O–H groups in total. The molecule has 0 atom stereocenters. The lowest BCUT2D eigenvalue weighted by Crippen LogP contribution is -2.11. The first-order valence-corrected chi connectivity index (χ1v) is 5.16. The Kier molecular flexibility index (Phi) is 3.06. The van der Waals surface area contributed by atoms with E-state index in [0.29, 0.717) is 5.56 Å². The minimum Gasteiger partial charge on any atom is -0.366 e. The van der Waals surface area contributed by atoms with Crippen LogP contribution in [0.3, 0.4) is 0 Å². The van der Waals surface area contributed by atoms with Gasteiger partial charge in [0.05, 0.1) is 10.6 Å². The lowest BCUT2D eigenvalue weighted by atomic mass is 10.1. The van der Waals surface area contributed by atoms with E-state index in [2.05, 4.69) is 4.98 Å². The molecular weight excluding hydrogens is 243 g/mol. The molecule has 1 aromatic carbocycles. The number of benzene rings is 1. The molecule has 1 heterocycles. The molecule has 0 aliphatic heterocycles. The molecule has 0 saturated carbocycles. The van der Waals surface area contributed by atoms with Gasteiger partial charge in [0.25, 0.3) is 0 Å². The van der Waals surface area contributed by atoms with Crippen LogP contribution in [0.4, 0.5) is 4.39 Å². The standard InChI is InChI=1S/C12H8ClFN2O/c13-10-3-1-2-9(11(10)14)7-4-8(12(15)17)6-16-5-7/h1-6H,(H2,15,17). The first-order chi connectivity index (χ1) is 8.09. The Labute approximate surface area is 102 Å². The van der Waals surface area contributed by atoms with Gasteiger partial charge in [-0.3, -0.25) is 9.78 Å². The quantitative estimate of drug-likeness (QED) is 0.891. The van der Waals surface area contributed by atoms with Crippen molar-refractivity contribution in [2.24, 2.45) is 5.73 Å². The summed E-state index contributed by atoms with van der Waals surface area (Å²) in [5.74, 6) is -1.15. The number of carbonyl (C=O) groups is 1. The van der Waals surface area contributed by atoms with Crippen molar-refractivity contribution in [3.63, 3.8) is 0 Å². The maximum absolute atomic E-state index is 13.7. The first kappa shape index (κ1) is 11.5. The number of nitrogens with zero attached hydrogens (tertiary/aromatic N) is 1. The minimum absolute atomic E-state index is 0.0204. The van der Waals surface area contributed by atoms with Gasteiger partial charge in [-0.05, 0) is 12.1 Å². The van der Waals surface area contributed by atoms with Crippen molar-refractivity contribution in [3.05, 3.63) is 53.1 Å². The number of amides is 1. The Hall–Kier alpha value is -1.94. The van der Waals surface area contributed by atoms with E-state index in [1.807, 2.05) is 0 Å². The number of pyridine rings is 1. The average Bonchev–Trinajstić information content (AvgIpc) is 2.33. The van der Waals surface area contributed by atoms with E-state index >= 15 is 0 Å². The van der Waals surface area contributed by atoms with Crippen molar-refractivity contribution >= 4 is 17.5 Å². The molecule has 1 aromatic heterocycles. The summed E-state index contributed by atoms with van der Waals surface area (Å²) in [4.78, 5) is 14.8. The summed E-state index contributed by atoms with van der Waals surface area (Å²) in [6.45, 7) is 0. The molecule has 1 amide bonds. The zero-order chi connectivity index (χ0) is 12.4. The van der Waals surface area contributed by atoms with Crippen LogP contribution in [0, 0.1) is 5.82 Å². The Balaban J connectivity index is 2.57. The summed E-state index contributed by atoms with van der Waals surface area (Å²) in [5, 5.41) is 0.0204. The molecule has 3 nitrogen and oxygen atoms in total. The maximum Gasteiger partial charge on any atom is 0.250 e. The van der Waals surface area contributed by atoms with Crippen molar-refractivity contribution in [3.8, 4) is 11.1 Å². The van der Waals surface area contributed by atoms with E-state index in [0.717, 1.165) is 0 Å². The number of hydrogen-bond acceptors (Lipinski definition) is 2. The lowest BCUT2D eigenvalue weighted by molar-refractivity contribution is 0.1000. The highest BCUT2D eigenvalue weighted by Crippen LogP contribution is 2.27. The summed E-state index contributed by atoms with van der Waals surface area (Å²) in [7, 11) is 0. The van der Waals surface area contributed by atoms with Crippen molar-refractivity contribution < 1.29 is 9.18 Å². The average molecular weight is 251 g/mol. The first-order valence-electron chi connectivity index (χ1n) is 4.79. The van der Waals surface area contributed by atoms with Gasteiger partial charge in [-0.25, -0.2) is 4.39 Å². The zero-order valence-electron chi connectivity index (χ0n) is 8.65. The Morgan fingerprint density at radius 3 is 2.82 bits per heavy atom. The maximum atomic E-state index is 13.7. The van der Waals surface area contributed by atoms with Crippen LogP contribution >= 0.6 is 11.6 Å². The van der Waals surface area contributed by atoms with E-state index in [1.54, 1.807) is 12.1 Å². The van der Waals surface area contributed by atoms with Crippen molar-refractivity contribution in [2.75, 3.05) is 0 Å². The molecule has 0 unspecified atom stereocenters. The molecule has 0 saturated heterocycles. The molecule has 0 bridgehead atoms. The third kappa shape index (κ3) is 2.26. The number of primary amides is 1. The van der Waals surface area contributed by atoms with Gasteiger partial charge in [0, 0.05) is 23.5 Å². The van der Waals surface area contributed by atoms with Crippen LogP contribution in [0.2, 0.25) is 5.02 Å². The van der Waals surface area contributed by atoms with E-state index in [-0.39, 0.29) is 16.1 Å². The molecule has 86 valence electrons. The minimum atomic E-state index is -0.609. The fourth-order valence-corrected chi connectivity index (χ4v) is 1.62. The van der Waals surface area contributed by atoms with Crippen LogP contribution in [0.15, 0.2) is 36.7 Å². The molecule has 0 fully saturated rings. The van der Waals surface area contributed by atoms with E-state index in [4.69, 9.17) is 17.3 Å². The lowest BCUT2D eigenvalue weighted by Gasteiger charge is -2.05. The molecule has 2 rings (SSSR count). The van der Waals surface area contributed by atoms with Gasteiger partial charge < -0.3 is 5.73 Å². The van der Waals surface area contributed by atoms with Gasteiger partial charge >= 0.3 is 0 Å². The molecule has 17 heavy (non-hydrogen) atoms.